The SMILES string of the molecule is O=S(=O)(c1ccc2c(c1)OCCO2)c1nc(-c2ccccc2Cl)oc1NCc1ccccc1. The minimum Gasteiger partial charge on any atom is -0.486 e. The highest BCUT2D eigenvalue weighted by Crippen LogP contribution is 2.38. The molecular weight excluding hydrogens is 464 g/mol. The Morgan fingerprint density at radius 1 is 0.909 bits per heavy atom. The van der Waals surface area contributed by atoms with Crippen LogP contribution in [-0.4, -0.2) is 26.6 Å². The van der Waals surface area contributed by atoms with Crippen LogP contribution >= 0.6 is 11.6 Å². The van der Waals surface area contributed by atoms with Gasteiger partial charge in [-0.25, -0.2) is 8.42 Å². The van der Waals surface area contributed by atoms with Crippen molar-refractivity contribution in [1.29, 1.82) is 0 Å². The second-order valence-corrected chi connectivity index (χ2v) is 9.55. The number of anilines is 1. The maximum atomic E-state index is 13.6. The van der Waals surface area contributed by atoms with Crippen molar-refractivity contribution >= 4 is 27.3 Å². The van der Waals surface area contributed by atoms with Crippen molar-refractivity contribution in [3.63, 3.8) is 0 Å². The van der Waals surface area contributed by atoms with E-state index in [2.05, 4.69) is 10.3 Å². The maximum Gasteiger partial charge on any atom is 0.234 e. The molecule has 9 heteroatoms. The molecule has 0 radical (unpaired) electrons. The summed E-state index contributed by atoms with van der Waals surface area (Å²) in [6, 6.07) is 21.0. The predicted molar refractivity (Wildman–Crippen MR) is 124 cm³/mol. The molecule has 3 aromatic carbocycles. The fourth-order valence-corrected chi connectivity index (χ4v) is 4.94. The summed E-state index contributed by atoms with van der Waals surface area (Å²) in [6.45, 7) is 1.11. The molecule has 0 fully saturated rings. The summed E-state index contributed by atoms with van der Waals surface area (Å²) in [5, 5.41) is 3.24. The lowest BCUT2D eigenvalue weighted by atomic mass is 10.2. The van der Waals surface area contributed by atoms with Crippen LogP contribution in [0.1, 0.15) is 5.56 Å². The summed E-state index contributed by atoms with van der Waals surface area (Å²) in [5.41, 5.74) is 1.45. The van der Waals surface area contributed by atoms with Crippen LogP contribution in [0, 0.1) is 0 Å². The quantitative estimate of drug-likeness (QED) is 0.403. The van der Waals surface area contributed by atoms with Crippen LogP contribution in [0.3, 0.4) is 0 Å². The lowest BCUT2D eigenvalue weighted by molar-refractivity contribution is 0.171. The summed E-state index contributed by atoms with van der Waals surface area (Å²) >= 11 is 6.30. The number of fused-ring (bicyclic) bond motifs is 1. The molecule has 0 aliphatic carbocycles. The van der Waals surface area contributed by atoms with Crippen molar-refractivity contribution in [1.82, 2.24) is 4.98 Å². The van der Waals surface area contributed by atoms with Crippen molar-refractivity contribution in [2.24, 2.45) is 0 Å². The molecule has 1 aromatic heterocycles. The van der Waals surface area contributed by atoms with Crippen molar-refractivity contribution < 1.29 is 22.3 Å². The van der Waals surface area contributed by atoms with Crippen LogP contribution in [0.25, 0.3) is 11.5 Å². The van der Waals surface area contributed by atoms with Gasteiger partial charge in [0, 0.05) is 12.6 Å². The van der Waals surface area contributed by atoms with Crippen LogP contribution in [-0.2, 0) is 16.4 Å². The van der Waals surface area contributed by atoms with E-state index in [-0.39, 0.29) is 21.7 Å². The minimum atomic E-state index is -4.05. The van der Waals surface area contributed by atoms with Crippen molar-refractivity contribution in [3.8, 4) is 23.0 Å². The van der Waals surface area contributed by atoms with Crippen LogP contribution in [0.4, 0.5) is 5.88 Å². The van der Waals surface area contributed by atoms with E-state index >= 15 is 0 Å². The van der Waals surface area contributed by atoms with Crippen molar-refractivity contribution in [2.75, 3.05) is 18.5 Å². The normalized spacial score (nSPS) is 13.0. The molecular formula is C24H19ClN2O5S. The summed E-state index contributed by atoms with van der Waals surface area (Å²) in [7, 11) is -4.05. The number of sulfone groups is 1. The molecule has 33 heavy (non-hydrogen) atoms. The van der Waals surface area contributed by atoms with E-state index in [9.17, 15) is 8.42 Å². The van der Waals surface area contributed by atoms with Crippen LogP contribution in [0.15, 0.2) is 87.1 Å². The number of hydrogen-bond donors (Lipinski definition) is 1. The zero-order valence-corrected chi connectivity index (χ0v) is 18.9. The van der Waals surface area contributed by atoms with E-state index in [0.29, 0.717) is 41.8 Å². The molecule has 1 aliphatic rings. The number of hydrogen-bond acceptors (Lipinski definition) is 7. The smallest absolute Gasteiger partial charge is 0.234 e. The molecule has 168 valence electrons. The first-order valence-electron chi connectivity index (χ1n) is 10.2. The van der Waals surface area contributed by atoms with E-state index in [0.717, 1.165) is 5.56 Å². The number of rotatable bonds is 6. The molecule has 0 spiro atoms. The van der Waals surface area contributed by atoms with Gasteiger partial charge in [0.25, 0.3) is 0 Å². The number of oxazole rings is 1. The molecule has 5 rings (SSSR count). The largest absolute Gasteiger partial charge is 0.486 e. The zero-order chi connectivity index (χ0) is 22.8. The molecule has 1 aliphatic heterocycles. The Balaban J connectivity index is 1.57. The van der Waals surface area contributed by atoms with Crippen LogP contribution < -0.4 is 14.8 Å². The maximum absolute atomic E-state index is 13.6. The first kappa shape index (κ1) is 21.4. The summed E-state index contributed by atoms with van der Waals surface area (Å²) in [6.07, 6.45) is 0. The van der Waals surface area contributed by atoms with E-state index in [4.69, 9.17) is 25.5 Å². The lowest BCUT2D eigenvalue weighted by Crippen LogP contribution is -2.16. The van der Waals surface area contributed by atoms with Crippen molar-refractivity contribution in [3.05, 3.63) is 83.4 Å². The van der Waals surface area contributed by atoms with Gasteiger partial charge in [-0.15, -0.1) is 0 Å². The Morgan fingerprint density at radius 2 is 1.64 bits per heavy atom. The molecule has 0 amide bonds. The lowest BCUT2D eigenvalue weighted by Gasteiger charge is -2.18. The highest BCUT2D eigenvalue weighted by molar-refractivity contribution is 7.91. The monoisotopic (exact) mass is 482 g/mol. The molecule has 0 atom stereocenters. The van der Waals surface area contributed by atoms with Gasteiger partial charge in [0.2, 0.25) is 26.6 Å². The van der Waals surface area contributed by atoms with Gasteiger partial charge in [0.1, 0.15) is 13.2 Å². The number of benzene rings is 3. The second-order valence-electron chi connectivity index (χ2n) is 7.28. The number of aromatic nitrogens is 1. The number of nitrogens with one attached hydrogen (secondary N) is 1. The number of ether oxygens (including phenoxy) is 2. The Kier molecular flexibility index (Phi) is 5.70. The van der Waals surface area contributed by atoms with Gasteiger partial charge in [-0.2, -0.15) is 4.98 Å². The standard InChI is InChI=1S/C24H19ClN2O5S/c25-19-9-5-4-8-18(19)22-27-24(23(32-22)26-15-16-6-2-1-3-7-16)33(28,29)17-10-11-20-21(14-17)31-13-12-30-20/h1-11,14,26H,12-13,15H2. The second kappa shape index (κ2) is 8.80. The van der Waals surface area contributed by atoms with Gasteiger partial charge in [-0.05, 0) is 29.8 Å². The van der Waals surface area contributed by atoms with E-state index in [1.54, 1.807) is 30.3 Å². The fraction of sp³-hybridized carbons (Fsp3) is 0.125. The molecule has 2 heterocycles. The molecule has 4 aromatic rings. The molecule has 0 saturated carbocycles. The Bertz CT molecular complexity index is 1400. The van der Waals surface area contributed by atoms with E-state index in [1.807, 2.05) is 30.3 Å². The Morgan fingerprint density at radius 3 is 2.42 bits per heavy atom. The fourth-order valence-electron chi connectivity index (χ4n) is 3.43. The number of nitrogens with zero attached hydrogens (tertiary/aromatic N) is 1. The predicted octanol–water partition coefficient (Wildman–Crippen LogP) is 5.21. The Labute approximate surface area is 195 Å². The molecule has 0 unspecified atom stereocenters. The Hall–Kier alpha value is -3.49. The molecule has 0 bridgehead atoms. The first-order valence-corrected chi connectivity index (χ1v) is 12.1. The third-order valence-electron chi connectivity index (χ3n) is 5.07. The average molecular weight is 483 g/mol. The van der Waals surface area contributed by atoms with Gasteiger partial charge in [0.05, 0.1) is 15.5 Å². The first-order chi connectivity index (χ1) is 16.0. The zero-order valence-electron chi connectivity index (χ0n) is 17.3. The molecule has 7 nitrogen and oxygen atoms in total. The van der Waals surface area contributed by atoms with Gasteiger partial charge in [0.15, 0.2) is 11.5 Å². The summed E-state index contributed by atoms with van der Waals surface area (Å²) in [5.74, 6) is 1.01. The highest BCUT2D eigenvalue weighted by Gasteiger charge is 2.30. The molecule has 0 saturated heterocycles. The van der Waals surface area contributed by atoms with Gasteiger partial charge in [-0.3, -0.25) is 0 Å². The topological polar surface area (TPSA) is 90.7 Å². The molecule has 1 N–H and O–H groups in total. The van der Waals surface area contributed by atoms with Crippen molar-refractivity contribution in [2.45, 2.75) is 16.5 Å². The minimum absolute atomic E-state index is 0.0218. The van der Waals surface area contributed by atoms with Gasteiger partial charge >= 0.3 is 0 Å². The summed E-state index contributed by atoms with van der Waals surface area (Å²) in [4.78, 5) is 4.36. The van der Waals surface area contributed by atoms with E-state index < -0.39 is 9.84 Å². The third kappa shape index (κ3) is 4.27. The van der Waals surface area contributed by atoms with Crippen LogP contribution in [0.5, 0.6) is 11.5 Å². The third-order valence-corrected chi connectivity index (χ3v) is 7.06. The highest BCUT2D eigenvalue weighted by atomic mass is 35.5. The van der Waals surface area contributed by atoms with Crippen LogP contribution in [0.2, 0.25) is 5.02 Å². The average Bonchev–Trinajstić information content (AvgIpc) is 3.28. The summed E-state index contributed by atoms with van der Waals surface area (Å²) < 4.78 is 44.1. The van der Waals surface area contributed by atoms with E-state index in [1.165, 1.54) is 12.1 Å². The number of halogens is 1. The van der Waals surface area contributed by atoms with Gasteiger partial charge < -0.3 is 19.2 Å². The van der Waals surface area contributed by atoms with Gasteiger partial charge in [-0.1, -0.05) is 54.1 Å².